The minimum absolute atomic E-state index is 0.0403. The van der Waals surface area contributed by atoms with E-state index in [0.29, 0.717) is 26.2 Å². The molecule has 0 spiro atoms. The zero-order valence-corrected chi connectivity index (χ0v) is 21.2. The van der Waals surface area contributed by atoms with Gasteiger partial charge in [-0.2, -0.15) is 5.10 Å². The number of carbonyl (C=O) groups is 2. The average Bonchev–Trinajstić information content (AvgIpc) is 3.55. The molecule has 4 heterocycles. The van der Waals surface area contributed by atoms with E-state index in [0.717, 1.165) is 53.8 Å². The summed E-state index contributed by atoms with van der Waals surface area (Å²) in [7, 11) is 3.29. The smallest absolute Gasteiger partial charge is 0.414 e. The maximum Gasteiger partial charge on any atom is 0.414 e. The van der Waals surface area contributed by atoms with E-state index in [9.17, 15) is 9.59 Å². The Bertz CT molecular complexity index is 1230. The molecule has 0 saturated carbocycles. The number of imidazole rings is 1. The van der Waals surface area contributed by atoms with Crippen LogP contribution in [0.4, 0.5) is 10.5 Å². The summed E-state index contributed by atoms with van der Waals surface area (Å²) in [4.78, 5) is 34.6. The molecule has 192 valence electrons. The first-order chi connectivity index (χ1) is 17.5. The second kappa shape index (κ2) is 10.3. The molecule has 2 aliphatic heterocycles. The highest BCUT2D eigenvalue weighted by Gasteiger charge is 2.32. The van der Waals surface area contributed by atoms with Gasteiger partial charge in [0.25, 0.3) is 0 Å². The third kappa shape index (κ3) is 4.57. The van der Waals surface area contributed by atoms with E-state index in [4.69, 9.17) is 14.5 Å². The predicted molar refractivity (Wildman–Crippen MR) is 135 cm³/mol. The summed E-state index contributed by atoms with van der Waals surface area (Å²) in [6.07, 6.45) is 7.30. The number of hydrogen-bond acceptors (Lipinski definition) is 6. The Morgan fingerprint density at radius 1 is 1.22 bits per heavy atom. The fourth-order valence-electron chi connectivity index (χ4n) is 5.39. The standard InChI is InChI=1S/C26H34N6O4/c1-18-5-6-20-21(32(18)26(34)35-3)7-8-22-25(20)28-23(9-14-30-13-4-12-27-30)31(22)17-24(33)29(2)19-10-15-36-16-11-19/h4,7-8,12-13,18-19H,5-6,9-11,14-17H2,1-3H3/t18-/m0/s1. The predicted octanol–water partition coefficient (Wildman–Crippen LogP) is 3.02. The number of aryl methyl sites for hydroxylation is 3. The van der Waals surface area contributed by atoms with Gasteiger partial charge in [-0.1, -0.05) is 0 Å². The van der Waals surface area contributed by atoms with Gasteiger partial charge in [-0.15, -0.1) is 0 Å². The van der Waals surface area contributed by atoms with Crippen LogP contribution < -0.4 is 4.90 Å². The molecule has 0 radical (unpaired) electrons. The lowest BCUT2D eigenvalue weighted by molar-refractivity contribution is -0.134. The SMILES string of the molecule is COC(=O)N1c2ccc3c(nc(CCn4cccn4)n3CC(=O)N(C)C3CCOCC3)c2CC[C@@H]1C. The van der Waals surface area contributed by atoms with E-state index in [2.05, 4.69) is 5.10 Å². The van der Waals surface area contributed by atoms with Crippen molar-refractivity contribution < 1.29 is 19.1 Å². The van der Waals surface area contributed by atoms with Gasteiger partial charge in [-0.25, -0.2) is 9.78 Å². The highest BCUT2D eigenvalue weighted by molar-refractivity contribution is 5.95. The molecule has 0 bridgehead atoms. The van der Waals surface area contributed by atoms with Crippen molar-refractivity contribution in [3.63, 3.8) is 0 Å². The van der Waals surface area contributed by atoms with Crippen LogP contribution in [0.25, 0.3) is 11.0 Å². The third-order valence-corrected chi connectivity index (χ3v) is 7.51. The van der Waals surface area contributed by atoms with Crippen molar-refractivity contribution in [1.29, 1.82) is 0 Å². The molecule has 0 aliphatic carbocycles. The number of carbonyl (C=O) groups excluding carboxylic acids is 2. The van der Waals surface area contributed by atoms with Crippen LogP contribution >= 0.6 is 0 Å². The Balaban J connectivity index is 1.52. The molecule has 2 amide bonds. The quantitative estimate of drug-likeness (QED) is 0.523. The maximum absolute atomic E-state index is 13.4. The van der Waals surface area contributed by atoms with Crippen molar-refractivity contribution in [1.82, 2.24) is 24.2 Å². The first-order valence-corrected chi connectivity index (χ1v) is 12.7. The molecule has 2 aliphatic rings. The normalized spacial score (nSPS) is 18.3. The fourth-order valence-corrected chi connectivity index (χ4v) is 5.39. The number of nitrogens with zero attached hydrogens (tertiary/aromatic N) is 6. The molecule has 1 fully saturated rings. The van der Waals surface area contributed by atoms with Gasteiger partial charge < -0.3 is 18.9 Å². The number of rotatable bonds is 6. The number of aromatic nitrogens is 4. The molecule has 3 aromatic rings. The van der Waals surface area contributed by atoms with Crippen LogP contribution in [0.15, 0.2) is 30.6 Å². The van der Waals surface area contributed by atoms with Crippen LogP contribution in [0.3, 0.4) is 0 Å². The maximum atomic E-state index is 13.4. The number of amides is 2. The fraction of sp³-hybridized carbons (Fsp3) is 0.538. The summed E-state index contributed by atoms with van der Waals surface area (Å²) in [6, 6.07) is 6.07. The van der Waals surface area contributed by atoms with Gasteiger partial charge in [-0.05, 0) is 50.8 Å². The van der Waals surface area contributed by atoms with Gasteiger partial charge in [0.05, 0.1) is 23.8 Å². The number of ether oxygens (including phenoxy) is 2. The van der Waals surface area contributed by atoms with Crippen LogP contribution in [0.5, 0.6) is 0 Å². The molecular weight excluding hydrogens is 460 g/mol. The largest absolute Gasteiger partial charge is 0.452 e. The molecule has 1 atom stereocenters. The number of likely N-dealkylation sites (N-methyl/N-ethyl adjacent to an activating group) is 1. The Morgan fingerprint density at radius 3 is 2.75 bits per heavy atom. The lowest BCUT2D eigenvalue weighted by Gasteiger charge is -2.34. The Morgan fingerprint density at radius 2 is 2.03 bits per heavy atom. The van der Waals surface area contributed by atoms with E-state index in [1.165, 1.54) is 7.11 Å². The summed E-state index contributed by atoms with van der Waals surface area (Å²) in [5.41, 5.74) is 3.63. The van der Waals surface area contributed by atoms with Crippen LogP contribution in [-0.2, 0) is 40.2 Å². The second-order valence-electron chi connectivity index (χ2n) is 9.64. The van der Waals surface area contributed by atoms with E-state index >= 15 is 0 Å². The molecule has 36 heavy (non-hydrogen) atoms. The van der Waals surface area contributed by atoms with Gasteiger partial charge in [0.1, 0.15) is 12.4 Å². The summed E-state index contributed by atoms with van der Waals surface area (Å²) in [6.45, 7) is 4.28. The molecule has 0 unspecified atom stereocenters. The summed E-state index contributed by atoms with van der Waals surface area (Å²) < 4.78 is 14.5. The van der Waals surface area contributed by atoms with Crippen LogP contribution in [0.1, 0.15) is 37.6 Å². The Hall–Kier alpha value is -3.40. The van der Waals surface area contributed by atoms with Crippen molar-refractivity contribution in [3.8, 4) is 0 Å². The van der Waals surface area contributed by atoms with Crippen molar-refractivity contribution >= 4 is 28.7 Å². The van der Waals surface area contributed by atoms with Crippen LogP contribution in [0.2, 0.25) is 0 Å². The number of fused-ring (bicyclic) bond motifs is 3. The minimum atomic E-state index is -0.366. The van der Waals surface area contributed by atoms with E-state index in [-0.39, 0.29) is 30.6 Å². The number of anilines is 1. The first kappa shape index (κ1) is 24.3. The lowest BCUT2D eigenvalue weighted by atomic mass is 9.96. The molecule has 1 aromatic carbocycles. The van der Waals surface area contributed by atoms with Crippen LogP contribution in [-0.4, -0.2) is 75.7 Å². The highest BCUT2D eigenvalue weighted by atomic mass is 16.5. The minimum Gasteiger partial charge on any atom is -0.452 e. The van der Waals surface area contributed by atoms with Crippen molar-refractivity contribution in [2.24, 2.45) is 0 Å². The van der Waals surface area contributed by atoms with Crippen molar-refractivity contribution in [2.75, 3.05) is 32.3 Å². The van der Waals surface area contributed by atoms with Crippen molar-refractivity contribution in [3.05, 3.63) is 42.0 Å². The lowest BCUT2D eigenvalue weighted by Crippen LogP contribution is -2.42. The average molecular weight is 495 g/mol. The zero-order chi connectivity index (χ0) is 25.2. The molecule has 10 heteroatoms. The Labute approximate surface area is 210 Å². The summed E-state index contributed by atoms with van der Waals surface area (Å²) in [5.74, 6) is 0.898. The van der Waals surface area contributed by atoms with E-state index in [1.54, 1.807) is 11.1 Å². The van der Waals surface area contributed by atoms with E-state index < -0.39 is 0 Å². The molecule has 1 saturated heterocycles. The van der Waals surface area contributed by atoms with E-state index in [1.807, 2.05) is 52.5 Å². The molecule has 0 N–H and O–H groups in total. The second-order valence-corrected chi connectivity index (χ2v) is 9.64. The summed E-state index contributed by atoms with van der Waals surface area (Å²) in [5, 5.41) is 4.32. The topological polar surface area (TPSA) is 94.7 Å². The zero-order valence-electron chi connectivity index (χ0n) is 21.2. The molecule has 10 nitrogen and oxygen atoms in total. The number of methoxy groups -OCH3 is 1. The van der Waals surface area contributed by atoms with Gasteiger partial charge in [0.2, 0.25) is 5.91 Å². The van der Waals surface area contributed by atoms with Gasteiger partial charge >= 0.3 is 6.09 Å². The molecule has 5 rings (SSSR count). The Kier molecular flexibility index (Phi) is 6.95. The number of benzene rings is 1. The molecular formula is C26H34N6O4. The van der Waals surface area contributed by atoms with Crippen LogP contribution in [0, 0.1) is 0 Å². The van der Waals surface area contributed by atoms with Crippen molar-refractivity contribution in [2.45, 2.75) is 64.2 Å². The third-order valence-electron chi connectivity index (χ3n) is 7.51. The summed E-state index contributed by atoms with van der Waals surface area (Å²) >= 11 is 0. The van der Waals surface area contributed by atoms with Gasteiger partial charge in [0.15, 0.2) is 0 Å². The highest BCUT2D eigenvalue weighted by Crippen LogP contribution is 2.36. The number of hydrogen-bond donors (Lipinski definition) is 0. The van der Waals surface area contributed by atoms with Gasteiger partial charge in [0, 0.05) is 63.3 Å². The first-order valence-electron chi connectivity index (χ1n) is 12.7. The van der Waals surface area contributed by atoms with Gasteiger partial charge in [-0.3, -0.25) is 14.4 Å². The molecule has 2 aromatic heterocycles. The monoisotopic (exact) mass is 494 g/mol.